The van der Waals surface area contributed by atoms with Crippen LogP contribution in [0.5, 0.6) is 0 Å². The van der Waals surface area contributed by atoms with E-state index in [9.17, 15) is 4.79 Å². The number of carbonyl (C=O) groups is 1. The molecular formula is C12H20N4O2. The SMILES string of the molecule is COC(=O)C(C)CN(C)c1ccnc(N(C)C)n1. The second-order valence-electron chi connectivity index (χ2n) is 4.41. The lowest BCUT2D eigenvalue weighted by Gasteiger charge is -2.22. The zero-order chi connectivity index (χ0) is 13.7. The number of methoxy groups -OCH3 is 1. The van der Waals surface area contributed by atoms with Crippen LogP contribution in [0.3, 0.4) is 0 Å². The number of hydrogen-bond donors (Lipinski definition) is 0. The minimum absolute atomic E-state index is 0.197. The third-order valence-electron chi connectivity index (χ3n) is 2.57. The van der Waals surface area contributed by atoms with Crippen molar-refractivity contribution >= 4 is 17.7 Å². The van der Waals surface area contributed by atoms with Crippen LogP contribution in [0.4, 0.5) is 11.8 Å². The summed E-state index contributed by atoms with van der Waals surface area (Å²) in [5.41, 5.74) is 0. The van der Waals surface area contributed by atoms with Crippen molar-refractivity contribution in [3.05, 3.63) is 12.3 Å². The smallest absolute Gasteiger partial charge is 0.310 e. The van der Waals surface area contributed by atoms with E-state index in [1.54, 1.807) is 6.20 Å². The first-order valence-electron chi connectivity index (χ1n) is 5.75. The third kappa shape index (κ3) is 3.58. The topological polar surface area (TPSA) is 58.6 Å². The number of anilines is 2. The lowest BCUT2D eigenvalue weighted by Crippen LogP contribution is -2.30. The predicted octanol–water partition coefficient (Wildman–Crippen LogP) is 0.788. The quantitative estimate of drug-likeness (QED) is 0.722. The monoisotopic (exact) mass is 252 g/mol. The van der Waals surface area contributed by atoms with E-state index in [0.29, 0.717) is 12.5 Å². The fourth-order valence-corrected chi connectivity index (χ4v) is 1.55. The van der Waals surface area contributed by atoms with E-state index in [-0.39, 0.29) is 11.9 Å². The summed E-state index contributed by atoms with van der Waals surface area (Å²) in [6, 6.07) is 1.82. The molecule has 0 saturated carbocycles. The summed E-state index contributed by atoms with van der Waals surface area (Å²) >= 11 is 0. The summed E-state index contributed by atoms with van der Waals surface area (Å²) < 4.78 is 4.70. The van der Waals surface area contributed by atoms with Gasteiger partial charge in [0, 0.05) is 33.9 Å². The van der Waals surface area contributed by atoms with Gasteiger partial charge in [-0.25, -0.2) is 4.98 Å². The van der Waals surface area contributed by atoms with Crippen LogP contribution >= 0.6 is 0 Å². The lowest BCUT2D eigenvalue weighted by molar-refractivity contribution is -0.144. The molecule has 0 aliphatic rings. The molecule has 1 unspecified atom stereocenters. The average Bonchev–Trinajstić information content (AvgIpc) is 2.37. The Balaban J connectivity index is 2.75. The van der Waals surface area contributed by atoms with Crippen molar-refractivity contribution in [1.29, 1.82) is 0 Å². The van der Waals surface area contributed by atoms with Crippen LogP contribution in [-0.4, -0.2) is 50.7 Å². The maximum atomic E-state index is 11.4. The molecule has 100 valence electrons. The summed E-state index contributed by atoms with van der Waals surface area (Å²) in [4.78, 5) is 23.7. The highest BCUT2D eigenvalue weighted by molar-refractivity contribution is 5.72. The summed E-state index contributed by atoms with van der Waals surface area (Å²) in [5, 5.41) is 0. The van der Waals surface area contributed by atoms with Crippen LogP contribution < -0.4 is 9.80 Å². The Morgan fingerprint density at radius 2 is 2.11 bits per heavy atom. The molecule has 0 bridgehead atoms. The standard InChI is InChI=1S/C12H20N4O2/c1-9(11(17)18-5)8-16(4)10-6-7-13-12(14-10)15(2)3/h6-7,9H,8H2,1-5H3. The molecule has 1 aromatic rings. The Bertz CT molecular complexity index is 409. The average molecular weight is 252 g/mol. The summed E-state index contributed by atoms with van der Waals surface area (Å²) in [7, 11) is 7.06. The first kappa shape index (κ1) is 14.2. The fourth-order valence-electron chi connectivity index (χ4n) is 1.55. The maximum Gasteiger partial charge on any atom is 0.310 e. The summed E-state index contributed by atoms with van der Waals surface area (Å²) in [6.07, 6.45) is 1.71. The largest absolute Gasteiger partial charge is 0.469 e. The molecule has 0 aliphatic heterocycles. The van der Waals surface area contributed by atoms with E-state index in [4.69, 9.17) is 4.74 Å². The van der Waals surface area contributed by atoms with E-state index in [1.807, 2.05) is 43.9 Å². The van der Waals surface area contributed by atoms with Crippen molar-refractivity contribution in [2.75, 3.05) is 44.6 Å². The molecule has 1 aromatic heterocycles. The Morgan fingerprint density at radius 1 is 1.44 bits per heavy atom. The molecule has 0 fully saturated rings. The highest BCUT2D eigenvalue weighted by atomic mass is 16.5. The number of aromatic nitrogens is 2. The minimum atomic E-state index is -0.219. The Morgan fingerprint density at radius 3 is 2.67 bits per heavy atom. The second kappa shape index (κ2) is 6.18. The third-order valence-corrected chi connectivity index (χ3v) is 2.57. The molecule has 0 N–H and O–H groups in total. The van der Waals surface area contributed by atoms with Crippen LogP contribution in [0.2, 0.25) is 0 Å². The van der Waals surface area contributed by atoms with E-state index in [0.717, 1.165) is 5.82 Å². The molecule has 6 nitrogen and oxygen atoms in total. The highest BCUT2D eigenvalue weighted by Crippen LogP contribution is 2.13. The second-order valence-corrected chi connectivity index (χ2v) is 4.41. The minimum Gasteiger partial charge on any atom is -0.469 e. The van der Waals surface area contributed by atoms with Crippen LogP contribution in [0, 0.1) is 5.92 Å². The molecule has 0 aromatic carbocycles. The first-order valence-corrected chi connectivity index (χ1v) is 5.75. The molecule has 6 heteroatoms. The van der Waals surface area contributed by atoms with Gasteiger partial charge in [0.15, 0.2) is 0 Å². The van der Waals surface area contributed by atoms with Gasteiger partial charge in [-0.3, -0.25) is 4.79 Å². The lowest BCUT2D eigenvalue weighted by atomic mass is 10.2. The van der Waals surface area contributed by atoms with Crippen LogP contribution in [0.15, 0.2) is 12.3 Å². The van der Waals surface area contributed by atoms with Crippen molar-refractivity contribution in [2.45, 2.75) is 6.92 Å². The number of nitrogens with zero attached hydrogens (tertiary/aromatic N) is 4. The molecule has 1 rings (SSSR count). The number of hydrogen-bond acceptors (Lipinski definition) is 6. The molecule has 18 heavy (non-hydrogen) atoms. The van der Waals surface area contributed by atoms with Crippen LogP contribution in [0.1, 0.15) is 6.92 Å². The normalized spacial score (nSPS) is 11.8. The Labute approximate surface area is 108 Å². The van der Waals surface area contributed by atoms with E-state index in [2.05, 4.69) is 9.97 Å². The van der Waals surface area contributed by atoms with E-state index < -0.39 is 0 Å². The predicted molar refractivity (Wildman–Crippen MR) is 70.8 cm³/mol. The zero-order valence-electron chi connectivity index (χ0n) is 11.5. The molecular weight excluding hydrogens is 232 g/mol. The van der Waals surface area contributed by atoms with Gasteiger partial charge in [-0.05, 0) is 6.07 Å². The molecule has 0 aliphatic carbocycles. The number of ether oxygens (including phenoxy) is 1. The van der Waals surface area contributed by atoms with Gasteiger partial charge in [-0.2, -0.15) is 4.98 Å². The molecule has 0 amide bonds. The van der Waals surface area contributed by atoms with E-state index in [1.165, 1.54) is 7.11 Å². The van der Waals surface area contributed by atoms with Gasteiger partial charge < -0.3 is 14.5 Å². The number of esters is 1. The van der Waals surface area contributed by atoms with E-state index >= 15 is 0 Å². The number of carbonyl (C=O) groups excluding carboxylic acids is 1. The van der Waals surface area contributed by atoms with Gasteiger partial charge >= 0.3 is 5.97 Å². The van der Waals surface area contributed by atoms with Crippen molar-refractivity contribution < 1.29 is 9.53 Å². The van der Waals surface area contributed by atoms with Crippen LogP contribution in [0.25, 0.3) is 0 Å². The molecule has 0 radical (unpaired) electrons. The summed E-state index contributed by atoms with van der Waals surface area (Å²) in [6.45, 7) is 2.38. The maximum absolute atomic E-state index is 11.4. The van der Waals surface area contributed by atoms with Gasteiger partial charge in [-0.15, -0.1) is 0 Å². The van der Waals surface area contributed by atoms with Gasteiger partial charge in [0.1, 0.15) is 5.82 Å². The molecule has 1 heterocycles. The molecule has 1 atom stereocenters. The Kier molecular flexibility index (Phi) is 4.88. The zero-order valence-corrected chi connectivity index (χ0v) is 11.5. The highest BCUT2D eigenvalue weighted by Gasteiger charge is 2.16. The molecule has 0 spiro atoms. The van der Waals surface area contributed by atoms with Crippen molar-refractivity contribution in [1.82, 2.24) is 9.97 Å². The van der Waals surface area contributed by atoms with Gasteiger partial charge in [-0.1, -0.05) is 6.92 Å². The van der Waals surface area contributed by atoms with Gasteiger partial charge in [0.05, 0.1) is 13.0 Å². The van der Waals surface area contributed by atoms with Crippen molar-refractivity contribution in [3.63, 3.8) is 0 Å². The molecule has 0 saturated heterocycles. The Hall–Kier alpha value is -1.85. The van der Waals surface area contributed by atoms with Crippen LogP contribution in [-0.2, 0) is 9.53 Å². The van der Waals surface area contributed by atoms with Gasteiger partial charge in [0.25, 0.3) is 0 Å². The first-order chi connectivity index (χ1) is 8.45. The van der Waals surface area contributed by atoms with Crippen molar-refractivity contribution in [2.24, 2.45) is 5.92 Å². The number of rotatable bonds is 5. The summed E-state index contributed by atoms with van der Waals surface area (Å²) in [5.74, 6) is 1.01. The fraction of sp³-hybridized carbons (Fsp3) is 0.583. The van der Waals surface area contributed by atoms with Gasteiger partial charge in [0.2, 0.25) is 5.95 Å². The van der Waals surface area contributed by atoms with Crippen molar-refractivity contribution in [3.8, 4) is 0 Å².